The molecule has 2 aromatic carbocycles. The minimum Gasteiger partial charge on any atom is -0.496 e. The maximum atomic E-state index is 12.9. The van der Waals surface area contributed by atoms with Gasteiger partial charge in [-0.2, -0.15) is 0 Å². The van der Waals surface area contributed by atoms with Gasteiger partial charge in [0.25, 0.3) is 5.91 Å². The highest BCUT2D eigenvalue weighted by Crippen LogP contribution is 2.48. The van der Waals surface area contributed by atoms with Crippen molar-refractivity contribution in [2.45, 2.75) is 18.4 Å². The first-order valence-electron chi connectivity index (χ1n) is 8.02. The third kappa shape index (κ3) is 3.79. The van der Waals surface area contributed by atoms with Crippen molar-refractivity contribution in [2.75, 3.05) is 13.7 Å². The van der Waals surface area contributed by atoms with E-state index in [1.54, 1.807) is 7.11 Å². The molecule has 5 nitrogen and oxygen atoms in total. The second kappa shape index (κ2) is 6.93. The normalized spacial score (nSPS) is 14.5. The van der Waals surface area contributed by atoms with Gasteiger partial charge in [0.1, 0.15) is 11.6 Å². The largest absolute Gasteiger partial charge is 0.496 e. The van der Waals surface area contributed by atoms with Gasteiger partial charge < -0.3 is 15.4 Å². The highest BCUT2D eigenvalue weighted by atomic mass is 19.1. The standard InChI is InChI=1S/C19H19FN2O3/c1-25-16-5-3-2-4-15(16)19(10-11-19)22-17(23)12-21-18(24)13-6-8-14(20)9-7-13/h2-9H,10-12H2,1H3,(H,21,24)(H,22,23). The molecule has 0 unspecified atom stereocenters. The first-order chi connectivity index (χ1) is 12.0. The van der Waals surface area contributed by atoms with Gasteiger partial charge in [-0.3, -0.25) is 9.59 Å². The third-order valence-electron chi connectivity index (χ3n) is 4.27. The molecule has 1 aliphatic carbocycles. The molecule has 1 aliphatic rings. The first-order valence-corrected chi connectivity index (χ1v) is 8.02. The second-order valence-corrected chi connectivity index (χ2v) is 6.02. The molecule has 0 spiro atoms. The van der Waals surface area contributed by atoms with Crippen molar-refractivity contribution < 1.29 is 18.7 Å². The van der Waals surface area contributed by atoms with Crippen LogP contribution in [0.2, 0.25) is 0 Å². The van der Waals surface area contributed by atoms with Crippen molar-refractivity contribution in [1.29, 1.82) is 0 Å². The predicted molar refractivity (Wildman–Crippen MR) is 90.8 cm³/mol. The number of hydrogen-bond acceptors (Lipinski definition) is 3. The minimum absolute atomic E-state index is 0.146. The summed E-state index contributed by atoms with van der Waals surface area (Å²) < 4.78 is 18.2. The highest BCUT2D eigenvalue weighted by Gasteiger charge is 2.47. The fourth-order valence-electron chi connectivity index (χ4n) is 2.80. The summed E-state index contributed by atoms with van der Waals surface area (Å²) in [5.41, 5.74) is 0.820. The van der Waals surface area contributed by atoms with Gasteiger partial charge in [-0.1, -0.05) is 18.2 Å². The van der Waals surface area contributed by atoms with Gasteiger partial charge in [-0.25, -0.2) is 4.39 Å². The molecular weight excluding hydrogens is 323 g/mol. The number of rotatable bonds is 6. The molecule has 1 fully saturated rings. The molecule has 0 saturated heterocycles. The number of nitrogens with one attached hydrogen (secondary N) is 2. The lowest BCUT2D eigenvalue weighted by atomic mass is 10.0. The molecule has 3 rings (SSSR count). The maximum absolute atomic E-state index is 12.9. The van der Waals surface area contributed by atoms with Gasteiger partial charge in [-0.15, -0.1) is 0 Å². The Kier molecular flexibility index (Phi) is 4.70. The molecule has 130 valence electrons. The second-order valence-electron chi connectivity index (χ2n) is 6.02. The van der Waals surface area contributed by atoms with Crippen LogP contribution in [0.1, 0.15) is 28.8 Å². The number of carbonyl (C=O) groups excluding carboxylic acids is 2. The Hall–Kier alpha value is -2.89. The molecule has 25 heavy (non-hydrogen) atoms. The van der Waals surface area contributed by atoms with E-state index in [0.29, 0.717) is 5.56 Å². The number of carbonyl (C=O) groups is 2. The maximum Gasteiger partial charge on any atom is 0.251 e. The SMILES string of the molecule is COc1ccccc1C1(NC(=O)CNC(=O)c2ccc(F)cc2)CC1. The topological polar surface area (TPSA) is 67.4 Å². The molecule has 2 aromatic rings. The zero-order chi connectivity index (χ0) is 17.9. The van der Waals surface area contributed by atoms with Crippen LogP contribution < -0.4 is 15.4 Å². The quantitative estimate of drug-likeness (QED) is 0.847. The number of ether oxygens (including phenoxy) is 1. The fraction of sp³-hybridized carbons (Fsp3) is 0.263. The molecule has 0 radical (unpaired) electrons. The van der Waals surface area contributed by atoms with Gasteiger partial charge in [0.15, 0.2) is 0 Å². The van der Waals surface area contributed by atoms with Crippen molar-refractivity contribution in [3.63, 3.8) is 0 Å². The van der Waals surface area contributed by atoms with Crippen LogP contribution in [0.4, 0.5) is 4.39 Å². The summed E-state index contributed by atoms with van der Waals surface area (Å²) >= 11 is 0. The van der Waals surface area contributed by atoms with Gasteiger partial charge >= 0.3 is 0 Å². The van der Waals surface area contributed by atoms with Crippen molar-refractivity contribution >= 4 is 11.8 Å². The molecule has 0 aromatic heterocycles. The van der Waals surface area contributed by atoms with E-state index in [0.717, 1.165) is 24.2 Å². The van der Waals surface area contributed by atoms with Crippen molar-refractivity contribution in [3.8, 4) is 5.75 Å². The highest BCUT2D eigenvalue weighted by molar-refractivity contribution is 5.96. The zero-order valence-electron chi connectivity index (χ0n) is 13.8. The Morgan fingerprint density at radius 2 is 1.80 bits per heavy atom. The summed E-state index contributed by atoms with van der Waals surface area (Å²) in [5, 5.41) is 5.52. The van der Waals surface area contributed by atoms with E-state index in [4.69, 9.17) is 4.74 Å². The number of hydrogen-bond donors (Lipinski definition) is 2. The van der Waals surface area contributed by atoms with Crippen LogP contribution in [0.15, 0.2) is 48.5 Å². The van der Waals surface area contributed by atoms with Crippen LogP contribution in [-0.2, 0) is 10.3 Å². The number of methoxy groups -OCH3 is 1. The van der Waals surface area contributed by atoms with Crippen LogP contribution in [0.5, 0.6) is 5.75 Å². The van der Waals surface area contributed by atoms with E-state index in [1.165, 1.54) is 24.3 Å². The van der Waals surface area contributed by atoms with E-state index in [2.05, 4.69) is 10.6 Å². The van der Waals surface area contributed by atoms with E-state index < -0.39 is 17.3 Å². The van der Waals surface area contributed by atoms with E-state index >= 15 is 0 Å². The van der Waals surface area contributed by atoms with Crippen LogP contribution in [0.25, 0.3) is 0 Å². The lowest BCUT2D eigenvalue weighted by Gasteiger charge is -2.20. The van der Waals surface area contributed by atoms with Gasteiger partial charge in [0.2, 0.25) is 5.91 Å². The Morgan fingerprint density at radius 1 is 1.12 bits per heavy atom. The number of benzene rings is 2. The Labute approximate surface area is 145 Å². The first kappa shape index (κ1) is 17.0. The van der Waals surface area contributed by atoms with Crippen LogP contribution >= 0.6 is 0 Å². The Morgan fingerprint density at radius 3 is 2.44 bits per heavy atom. The molecule has 0 heterocycles. The Balaban J connectivity index is 1.59. The summed E-state index contributed by atoms with van der Waals surface area (Å²) in [6.45, 7) is -0.146. The molecule has 2 N–H and O–H groups in total. The van der Waals surface area contributed by atoms with E-state index in [9.17, 15) is 14.0 Å². The smallest absolute Gasteiger partial charge is 0.251 e. The average molecular weight is 342 g/mol. The fourth-order valence-corrected chi connectivity index (χ4v) is 2.80. The summed E-state index contributed by atoms with van der Waals surface area (Å²) in [6, 6.07) is 12.7. The third-order valence-corrected chi connectivity index (χ3v) is 4.27. The number of amides is 2. The molecule has 2 amide bonds. The van der Waals surface area contributed by atoms with Crippen molar-refractivity contribution in [2.24, 2.45) is 0 Å². The Bertz CT molecular complexity index is 786. The molecule has 0 aliphatic heterocycles. The minimum atomic E-state index is -0.426. The van der Waals surface area contributed by atoms with Gasteiger partial charge in [0.05, 0.1) is 19.2 Å². The lowest BCUT2D eigenvalue weighted by Crippen LogP contribution is -2.42. The van der Waals surface area contributed by atoms with Crippen LogP contribution in [0.3, 0.4) is 0 Å². The van der Waals surface area contributed by atoms with Crippen LogP contribution in [0, 0.1) is 5.82 Å². The number of para-hydroxylation sites is 1. The summed E-state index contributed by atoms with van der Waals surface area (Å²) in [7, 11) is 1.60. The van der Waals surface area contributed by atoms with E-state index in [1.807, 2.05) is 24.3 Å². The summed E-state index contributed by atoms with van der Waals surface area (Å²) in [5.74, 6) is -0.381. The van der Waals surface area contributed by atoms with Crippen LogP contribution in [-0.4, -0.2) is 25.5 Å². The molecule has 1 saturated carbocycles. The molecular formula is C19H19FN2O3. The molecule has 6 heteroatoms. The monoisotopic (exact) mass is 342 g/mol. The van der Waals surface area contributed by atoms with E-state index in [-0.39, 0.29) is 12.5 Å². The average Bonchev–Trinajstić information content (AvgIpc) is 3.40. The van der Waals surface area contributed by atoms with Gasteiger partial charge in [0, 0.05) is 11.1 Å². The van der Waals surface area contributed by atoms with Crippen molar-refractivity contribution in [3.05, 3.63) is 65.5 Å². The molecule has 0 atom stereocenters. The molecule has 0 bridgehead atoms. The summed E-state index contributed by atoms with van der Waals surface area (Å²) in [4.78, 5) is 24.2. The lowest BCUT2D eigenvalue weighted by molar-refractivity contribution is -0.121. The number of halogens is 1. The predicted octanol–water partition coefficient (Wildman–Crippen LogP) is 2.37. The summed E-state index contributed by atoms with van der Waals surface area (Å²) in [6.07, 6.45) is 1.65. The van der Waals surface area contributed by atoms with Gasteiger partial charge in [-0.05, 0) is 43.2 Å². The van der Waals surface area contributed by atoms with Crippen molar-refractivity contribution in [1.82, 2.24) is 10.6 Å². The zero-order valence-corrected chi connectivity index (χ0v) is 13.8.